The number of rotatable bonds is 4. The highest BCUT2D eigenvalue weighted by molar-refractivity contribution is 5.55. The van der Waals surface area contributed by atoms with E-state index < -0.39 is 0 Å². The summed E-state index contributed by atoms with van der Waals surface area (Å²) in [6.45, 7) is 6.85. The number of anilines is 1. The third-order valence-electron chi connectivity index (χ3n) is 3.47. The van der Waals surface area contributed by atoms with Crippen molar-refractivity contribution >= 4 is 5.82 Å². The molecule has 0 spiro atoms. The van der Waals surface area contributed by atoms with Crippen LogP contribution in [0.5, 0.6) is 0 Å². The van der Waals surface area contributed by atoms with E-state index in [9.17, 15) is 0 Å². The molecule has 2 N–H and O–H groups in total. The number of aryl methyl sites for hydroxylation is 1. The molecule has 0 aliphatic heterocycles. The van der Waals surface area contributed by atoms with Crippen LogP contribution in [0.25, 0.3) is 5.69 Å². The molecule has 2 aromatic rings. The van der Waals surface area contributed by atoms with Crippen LogP contribution in [0.1, 0.15) is 25.1 Å². The van der Waals surface area contributed by atoms with E-state index in [1.807, 2.05) is 29.8 Å². The highest BCUT2D eigenvalue weighted by Crippen LogP contribution is 2.27. The average Bonchev–Trinajstić information content (AvgIpc) is 2.75. The van der Waals surface area contributed by atoms with Gasteiger partial charge in [-0.1, -0.05) is 18.2 Å². The first kappa shape index (κ1) is 13.6. The lowest BCUT2D eigenvalue weighted by atomic mass is 10.2. The lowest BCUT2D eigenvalue weighted by molar-refractivity contribution is 0.713. The Bertz CT molecular complexity index is 543. The molecule has 0 unspecified atom stereocenters. The lowest BCUT2D eigenvalue weighted by Crippen LogP contribution is -2.29. The number of aromatic nitrogens is 2. The SMILES string of the molecule is Cc1nn(-c2ccccc2)c(N(C)C(C)C)c1CN. The summed E-state index contributed by atoms with van der Waals surface area (Å²) in [7, 11) is 2.08. The molecule has 2 rings (SSSR count). The molecule has 0 atom stereocenters. The van der Waals surface area contributed by atoms with Gasteiger partial charge in [0.15, 0.2) is 0 Å². The van der Waals surface area contributed by atoms with E-state index in [0.29, 0.717) is 12.6 Å². The van der Waals surface area contributed by atoms with Crippen molar-refractivity contribution in [2.45, 2.75) is 33.4 Å². The van der Waals surface area contributed by atoms with E-state index in [2.05, 4.69) is 43.0 Å². The quantitative estimate of drug-likeness (QED) is 0.916. The van der Waals surface area contributed by atoms with Gasteiger partial charge in [0.25, 0.3) is 0 Å². The van der Waals surface area contributed by atoms with Gasteiger partial charge in [0.1, 0.15) is 5.82 Å². The summed E-state index contributed by atoms with van der Waals surface area (Å²) in [5, 5.41) is 4.65. The maximum atomic E-state index is 5.90. The molecule has 4 heteroatoms. The van der Waals surface area contributed by atoms with Gasteiger partial charge in [0.05, 0.1) is 11.4 Å². The molecular formula is C15H22N4. The summed E-state index contributed by atoms with van der Waals surface area (Å²) in [5.41, 5.74) is 9.07. The third-order valence-corrected chi connectivity index (χ3v) is 3.47. The second-order valence-electron chi connectivity index (χ2n) is 5.04. The number of hydrogen-bond donors (Lipinski definition) is 1. The molecule has 0 saturated heterocycles. The van der Waals surface area contributed by atoms with E-state index in [4.69, 9.17) is 5.73 Å². The Morgan fingerprint density at radius 1 is 1.26 bits per heavy atom. The molecule has 1 aromatic carbocycles. The van der Waals surface area contributed by atoms with Crippen LogP contribution in [-0.2, 0) is 6.54 Å². The van der Waals surface area contributed by atoms with Gasteiger partial charge in [0.2, 0.25) is 0 Å². The van der Waals surface area contributed by atoms with Crippen LogP contribution in [0.2, 0.25) is 0 Å². The third kappa shape index (κ3) is 2.49. The zero-order valence-corrected chi connectivity index (χ0v) is 12.1. The minimum atomic E-state index is 0.392. The van der Waals surface area contributed by atoms with Gasteiger partial charge in [-0.05, 0) is 32.9 Å². The Labute approximate surface area is 114 Å². The summed E-state index contributed by atoms with van der Waals surface area (Å²) >= 11 is 0. The summed E-state index contributed by atoms with van der Waals surface area (Å²) in [5.74, 6) is 1.08. The van der Waals surface area contributed by atoms with E-state index in [1.165, 1.54) is 0 Å². The van der Waals surface area contributed by atoms with Crippen molar-refractivity contribution in [3.8, 4) is 5.69 Å². The molecule has 0 radical (unpaired) electrons. The van der Waals surface area contributed by atoms with Crippen LogP contribution >= 0.6 is 0 Å². The number of hydrogen-bond acceptors (Lipinski definition) is 3. The molecule has 0 aliphatic rings. The van der Waals surface area contributed by atoms with Gasteiger partial charge >= 0.3 is 0 Å². The minimum absolute atomic E-state index is 0.392. The van der Waals surface area contributed by atoms with Crippen molar-refractivity contribution in [1.29, 1.82) is 0 Å². The van der Waals surface area contributed by atoms with Gasteiger partial charge in [-0.2, -0.15) is 5.10 Å². The summed E-state index contributed by atoms with van der Waals surface area (Å²) in [6, 6.07) is 10.6. The number of nitrogens with zero attached hydrogens (tertiary/aromatic N) is 3. The maximum absolute atomic E-state index is 5.90. The molecule has 102 valence electrons. The molecule has 1 aromatic heterocycles. The fourth-order valence-corrected chi connectivity index (χ4v) is 2.14. The average molecular weight is 258 g/mol. The monoisotopic (exact) mass is 258 g/mol. The van der Waals surface area contributed by atoms with Gasteiger partial charge in [-0.3, -0.25) is 0 Å². The van der Waals surface area contributed by atoms with Crippen molar-refractivity contribution in [3.05, 3.63) is 41.6 Å². The Kier molecular flexibility index (Phi) is 3.90. The molecule has 0 amide bonds. The smallest absolute Gasteiger partial charge is 0.137 e. The highest BCUT2D eigenvalue weighted by atomic mass is 15.4. The molecule has 4 nitrogen and oxygen atoms in total. The van der Waals surface area contributed by atoms with Gasteiger partial charge < -0.3 is 10.6 Å². The zero-order chi connectivity index (χ0) is 14.0. The van der Waals surface area contributed by atoms with Crippen molar-refractivity contribution in [3.63, 3.8) is 0 Å². The first-order valence-corrected chi connectivity index (χ1v) is 6.63. The fraction of sp³-hybridized carbons (Fsp3) is 0.400. The molecule has 1 heterocycles. The first-order chi connectivity index (χ1) is 9.06. The highest BCUT2D eigenvalue weighted by Gasteiger charge is 2.20. The lowest BCUT2D eigenvalue weighted by Gasteiger charge is -2.25. The molecule has 19 heavy (non-hydrogen) atoms. The second-order valence-corrected chi connectivity index (χ2v) is 5.04. The first-order valence-electron chi connectivity index (χ1n) is 6.63. The molecule has 0 saturated carbocycles. The van der Waals surface area contributed by atoms with Crippen molar-refractivity contribution in [1.82, 2.24) is 9.78 Å². The Hall–Kier alpha value is -1.81. The molecule has 0 aliphatic carbocycles. The van der Waals surface area contributed by atoms with Crippen molar-refractivity contribution in [2.75, 3.05) is 11.9 Å². The molecular weight excluding hydrogens is 236 g/mol. The van der Waals surface area contributed by atoms with Gasteiger partial charge in [0, 0.05) is 25.2 Å². The normalized spacial score (nSPS) is 11.1. The fourth-order valence-electron chi connectivity index (χ4n) is 2.14. The van der Waals surface area contributed by atoms with Crippen LogP contribution in [0.4, 0.5) is 5.82 Å². The van der Waals surface area contributed by atoms with Crippen LogP contribution in [-0.4, -0.2) is 22.9 Å². The second kappa shape index (κ2) is 5.45. The van der Waals surface area contributed by atoms with Crippen LogP contribution in [0.15, 0.2) is 30.3 Å². The standard InChI is InChI=1S/C15H22N4/c1-11(2)18(4)15-14(10-16)12(3)17-19(15)13-8-6-5-7-9-13/h5-9,11H,10,16H2,1-4H3. The number of benzene rings is 1. The van der Waals surface area contributed by atoms with E-state index in [0.717, 1.165) is 22.8 Å². The van der Waals surface area contributed by atoms with Crippen molar-refractivity contribution in [2.24, 2.45) is 5.73 Å². The van der Waals surface area contributed by atoms with Crippen LogP contribution in [0, 0.1) is 6.92 Å². The van der Waals surface area contributed by atoms with Gasteiger partial charge in [-0.25, -0.2) is 4.68 Å². The predicted octanol–water partition coefficient (Wildman–Crippen LogP) is 2.48. The van der Waals surface area contributed by atoms with E-state index in [1.54, 1.807) is 0 Å². The minimum Gasteiger partial charge on any atom is -0.357 e. The predicted molar refractivity (Wildman–Crippen MR) is 79.7 cm³/mol. The number of nitrogens with two attached hydrogens (primary N) is 1. The Morgan fingerprint density at radius 3 is 2.42 bits per heavy atom. The van der Waals surface area contributed by atoms with E-state index >= 15 is 0 Å². The van der Waals surface area contributed by atoms with E-state index in [-0.39, 0.29) is 0 Å². The topological polar surface area (TPSA) is 47.1 Å². The summed E-state index contributed by atoms with van der Waals surface area (Å²) < 4.78 is 1.98. The number of para-hydroxylation sites is 1. The summed E-state index contributed by atoms with van der Waals surface area (Å²) in [4.78, 5) is 2.22. The Morgan fingerprint density at radius 2 is 1.89 bits per heavy atom. The largest absolute Gasteiger partial charge is 0.357 e. The molecule has 0 fully saturated rings. The maximum Gasteiger partial charge on any atom is 0.137 e. The van der Waals surface area contributed by atoms with Crippen LogP contribution in [0.3, 0.4) is 0 Å². The van der Waals surface area contributed by atoms with Gasteiger partial charge in [-0.15, -0.1) is 0 Å². The van der Waals surface area contributed by atoms with Crippen LogP contribution < -0.4 is 10.6 Å². The molecule has 0 bridgehead atoms. The Balaban J connectivity index is 2.61. The summed E-state index contributed by atoms with van der Waals surface area (Å²) in [6.07, 6.45) is 0. The van der Waals surface area contributed by atoms with Crippen molar-refractivity contribution < 1.29 is 0 Å². The zero-order valence-electron chi connectivity index (χ0n) is 12.1.